The van der Waals surface area contributed by atoms with E-state index in [1.165, 1.54) is 12.1 Å². The number of amides is 1. The SMILES string of the molecule is Cc1ccc(N(CCc2c(F)cc(C(F)(F)F)c(F)c2F)C(=O)/C(=N/O)c2ccccc2)cc1C. The van der Waals surface area contributed by atoms with Crippen LogP contribution in [0.15, 0.2) is 59.8 Å². The van der Waals surface area contributed by atoms with E-state index in [0.717, 1.165) is 16.0 Å². The van der Waals surface area contributed by atoms with Gasteiger partial charge in [-0.3, -0.25) is 4.79 Å². The van der Waals surface area contributed by atoms with Crippen molar-refractivity contribution in [3.63, 3.8) is 0 Å². The average molecular weight is 494 g/mol. The standard InChI is InChI=1S/C25H20F6N2O2/c1-14-8-9-17(12-15(14)2)33(24(34)23(32-35)16-6-4-3-5-7-16)11-10-18-20(26)13-19(25(29,30)31)22(28)21(18)27/h3-9,12-13,35H,10-11H2,1-2H3/b32-23+. The second-order valence-electron chi connectivity index (χ2n) is 7.80. The first kappa shape index (κ1) is 25.8. The van der Waals surface area contributed by atoms with Crippen molar-refractivity contribution in [1.29, 1.82) is 0 Å². The van der Waals surface area contributed by atoms with Gasteiger partial charge in [-0.2, -0.15) is 13.2 Å². The topological polar surface area (TPSA) is 52.9 Å². The summed E-state index contributed by atoms with van der Waals surface area (Å²) in [7, 11) is 0. The molecule has 184 valence electrons. The number of hydrogen-bond donors (Lipinski definition) is 1. The van der Waals surface area contributed by atoms with Crippen LogP contribution in [0.3, 0.4) is 0 Å². The number of halogens is 6. The van der Waals surface area contributed by atoms with Gasteiger partial charge in [0.2, 0.25) is 0 Å². The molecule has 0 aliphatic heterocycles. The molecule has 4 nitrogen and oxygen atoms in total. The summed E-state index contributed by atoms with van der Waals surface area (Å²) in [6, 6.07) is 12.7. The highest BCUT2D eigenvalue weighted by molar-refractivity contribution is 6.49. The van der Waals surface area contributed by atoms with E-state index < -0.39 is 53.6 Å². The van der Waals surface area contributed by atoms with Crippen molar-refractivity contribution in [2.45, 2.75) is 26.4 Å². The molecule has 3 rings (SSSR count). The van der Waals surface area contributed by atoms with Crippen molar-refractivity contribution in [2.24, 2.45) is 5.16 Å². The van der Waals surface area contributed by atoms with Gasteiger partial charge in [-0.15, -0.1) is 0 Å². The van der Waals surface area contributed by atoms with Gasteiger partial charge in [0.25, 0.3) is 5.91 Å². The van der Waals surface area contributed by atoms with E-state index >= 15 is 0 Å². The molecule has 0 heterocycles. The van der Waals surface area contributed by atoms with Crippen LogP contribution < -0.4 is 4.90 Å². The first-order valence-electron chi connectivity index (χ1n) is 10.4. The van der Waals surface area contributed by atoms with Crippen LogP contribution in [-0.2, 0) is 17.4 Å². The number of aryl methyl sites for hydroxylation is 2. The fourth-order valence-corrected chi connectivity index (χ4v) is 3.48. The molecule has 10 heteroatoms. The lowest BCUT2D eigenvalue weighted by Crippen LogP contribution is -2.39. The van der Waals surface area contributed by atoms with Crippen LogP contribution in [0.4, 0.5) is 32.0 Å². The maximum atomic E-state index is 14.4. The first-order valence-corrected chi connectivity index (χ1v) is 10.4. The second kappa shape index (κ2) is 10.2. The van der Waals surface area contributed by atoms with E-state index in [0.29, 0.717) is 0 Å². The Hall–Kier alpha value is -3.82. The predicted octanol–water partition coefficient (Wildman–Crippen LogP) is 6.19. The summed E-state index contributed by atoms with van der Waals surface area (Å²) >= 11 is 0. The molecule has 0 saturated heterocycles. The molecule has 3 aromatic rings. The summed E-state index contributed by atoms with van der Waals surface area (Å²) < 4.78 is 81.5. The molecule has 3 aromatic carbocycles. The number of benzene rings is 3. The third-order valence-electron chi connectivity index (χ3n) is 5.54. The van der Waals surface area contributed by atoms with Gasteiger partial charge in [0.15, 0.2) is 17.3 Å². The van der Waals surface area contributed by atoms with Crippen molar-refractivity contribution in [1.82, 2.24) is 0 Å². The Balaban J connectivity index is 2.02. The summed E-state index contributed by atoms with van der Waals surface area (Å²) in [6.45, 7) is 3.14. The van der Waals surface area contributed by atoms with Gasteiger partial charge in [-0.25, -0.2) is 13.2 Å². The average Bonchev–Trinajstić information content (AvgIpc) is 2.81. The fourth-order valence-electron chi connectivity index (χ4n) is 3.48. The summed E-state index contributed by atoms with van der Waals surface area (Å²) in [4.78, 5) is 14.4. The third-order valence-corrected chi connectivity index (χ3v) is 5.54. The number of nitrogens with zero attached hydrogens (tertiary/aromatic N) is 2. The Morgan fingerprint density at radius 3 is 2.17 bits per heavy atom. The molecule has 35 heavy (non-hydrogen) atoms. The Bertz CT molecular complexity index is 1270. The van der Waals surface area contributed by atoms with E-state index in [1.54, 1.807) is 43.3 Å². The summed E-state index contributed by atoms with van der Waals surface area (Å²) in [5.74, 6) is -6.64. The van der Waals surface area contributed by atoms with Crippen LogP contribution >= 0.6 is 0 Å². The van der Waals surface area contributed by atoms with Crippen LogP contribution in [0.1, 0.15) is 27.8 Å². The number of hydrogen-bond acceptors (Lipinski definition) is 3. The number of rotatable bonds is 6. The molecular formula is C25H20F6N2O2. The molecule has 0 radical (unpaired) electrons. The Kier molecular flexibility index (Phi) is 7.52. The zero-order chi connectivity index (χ0) is 25.9. The largest absolute Gasteiger partial charge is 0.419 e. The lowest BCUT2D eigenvalue weighted by Gasteiger charge is -2.24. The van der Waals surface area contributed by atoms with Crippen LogP contribution in [0.2, 0.25) is 0 Å². The van der Waals surface area contributed by atoms with E-state index in [2.05, 4.69) is 5.16 Å². The van der Waals surface area contributed by atoms with Gasteiger partial charge in [0.1, 0.15) is 5.82 Å². The molecule has 0 unspecified atom stereocenters. The van der Waals surface area contributed by atoms with Gasteiger partial charge in [-0.05, 0) is 49.6 Å². The van der Waals surface area contributed by atoms with Gasteiger partial charge >= 0.3 is 6.18 Å². The van der Waals surface area contributed by atoms with Crippen molar-refractivity contribution >= 4 is 17.3 Å². The molecule has 1 N–H and O–H groups in total. The van der Waals surface area contributed by atoms with Crippen LogP contribution in [0.25, 0.3) is 0 Å². The summed E-state index contributed by atoms with van der Waals surface area (Å²) in [5.41, 5.74) is -1.17. The van der Waals surface area contributed by atoms with Crippen LogP contribution in [0, 0.1) is 31.3 Å². The number of carbonyl (C=O) groups excluding carboxylic acids is 1. The molecule has 0 aromatic heterocycles. The van der Waals surface area contributed by atoms with Crippen molar-refractivity contribution in [3.8, 4) is 0 Å². The monoisotopic (exact) mass is 494 g/mol. The minimum absolute atomic E-state index is 0.111. The van der Waals surface area contributed by atoms with Crippen LogP contribution in [0.5, 0.6) is 0 Å². The quantitative estimate of drug-likeness (QED) is 0.146. The number of alkyl halides is 3. The smallest absolute Gasteiger partial charge is 0.410 e. The molecule has 0 aliphatic carbocycles. The van der Waals surface area contributed by atoms with Crippen molar-refractivity contribution in [3.05, 3.63) is 99.9 Å². The van der Waals surface area contributed by atoms with Gasteiger partial charge in [0, 0.05) is 23.4 Å². The maximum Gasteiger partial charge on any atom is 0.419 e. The Labute approximate surface area is 197 Å². The minimum Gasteiger partial charge on any atom is -0.410 e. The summed E-state index contributed by atoms with van der Waals surface area (Å²) in [5, 5.41) is 12.6. The molecule has 0 spiro atoms. The zero-order valence-corrected chi connectivity index (χ0v) is 18.6. The third kappa shape index (κ3) is 5.47. The molecule has 0 atom stereocenters. The second-order valence-corrected chi connectivity index (χ2v) is 7.80. The summed E-state index contributed by atoms with van der Waals surface area (Å²) in [6.07, 6.45) is -5.94. The first-order chi connectivity index (χ1) is 16.5. The fraction of sp³-hybridized carbons (Fsp3) is 0.200. The highest BCUT2D eigenvalue weighted by Crippen LogP contribution is 2.34. The normalized spacial score (nSPS) is 12.1. The van der Waals surface area contributed by atoms with Gasteiger partial charge in [0.05, 0.1) is 5.56 Å². The molecule has 0 bridgehead atoms. The highest BCUT2D eigenvalue weighted by Gasteiger charge is 2.37. The lowest BCUT2D eigenvalue weighted by atomic mass is 10.0. The van der Waals surface area contributed by atoms with Crippen molar-refractivity contribution < 1.29 is 36.3 Å². The van der Waals surface area contributed by atoms with Gasteiger partial charge in [-0.1, -0.05) is 41.6 Å². The Morgan fingerprint density at radius 2 is 1.60 bits per heavy atom. The van der Waals surface area contributed by atoms with E-state index in [4.69, 9.17) is 0 Å². The molecular weight excluding hydrogens is 474 g/mol. The molecule has 0 fully saturated rings. The minimum atomic E-state index is -5.28. The van der Waals surface area contributed by atoms with E-state index in [1.807, 2.05) is 6.92 Å². The number of oxime groups is 1. The Morgan fingerprint density at radius 1 is 0.943 bits per heavy atom. The lowest BCUT2D eigenvalue weighted by molar-refractivity contribution is -0.140. The molecule has 1 amide bonds. The predicted molar refractivity (Wildman–Crippen MR) is 118 cm³/mol. The molecule has 0 saturated carbocycles. The van der Waals surface area contributed by atoms with E-state index in [-0.39, 0.29) is 23.0 Å². The number of anilines is 1. The molecule has 0 aliphatic rings. The number of carbonyl (C=O) groups is 1. The maximum absolute atomic E-state index is 14.4. The highest BCUT2D eigenvalue weighted by atomic mass is 19.4. The van der Waals surface area contributed by atoms with Crippen molar-refractivity contribution in [2.75, 3.05) is 11.4 Å². The zero-order valence-electron chi connectivity index (χ0n) is 18.6. The van der Waals surface area contributed by atoms with Gasteiger partial charge < -0.3 is 10.1 Å². The van der Waals surface area contributed by atoms with E-state index in [9.17, 15) is 36.3 Å². The van der Waals surface area contributed by atoms with Crippen LogP contribution in [-0.4, -0.2) is 23.4 Å².